The molecule has 0 aliphatic carbocycles. The van der Waals surface area contributed by atoms with Crippen LogP contribution in [0.2, 0.25) is 0 Å². The summed E-state index contributed by atoms with van der Waals surface area (Å²) in [4.78, 5) is 0. The molecule has 0 aromatic carbocycles. The van der Waals surface area contributed by atoms with E-state index in [4.69, 9.17) is 5.11 Å². The van der Waals surface area contributed by atoms with Gasteiger partial charge in [-0.25, -0.2) is 4.68 Å². The molecule has 0 saturated carbocycles. The molecule has 1 N–H and O–H groups in total. The molecular weight excluding hydrogens is 187 g/mol. The minimum absolute atomic E-state index is 0.129. The third-order valence-corrected chi connectivity index (χ3v) is 1.33. The zero-order valence-electron chi connectivity index (χ0n) is 6.78. The second-order valence-electron chi connectivity index (χ2n) is 2.63. The topological polar surface area (TPSA) is 50.9 Å². The lowest BCUT2D eigenvalue weighted by Gasteiger charge is -2.04. The number of hydrogen-bond acceptors (Lipinski definition) is 3. The molecule has 0 bridgehead atoms. The molecule has 74 valence electrons. The van der Waals surface area contributed by atoms with E-state index in [1.54, 1.807) is 0 Å². The average molecular weight is 195 g/mol. The fourth-order valence-electron chi connectivity index (χ4n) is 0.766. The molecule has 0 aliphatic heterocycles. The number of aromatic nitrogens is 3. The molecule has 1 heterocycles. The Bertz CT molecular complexity index is 281. The number of rotatable bonds is 2. The Kier molecular flexibility index (Phi) is 2.55. The van der Waals surface area contributed by atoms with Crippen molar-refractivity contribution in [3.63, 3.8) is 0 Å². The lowest BCUT2D eigenvalue weighted by Crippen LogP contribution is -2.18. The first-order valence-corrected chi connectivity index (χ1v) is 3.53. The van der Waals surface area contributed by atoms with Gasteiger partial charge in [0.25, 0.3) is 0 Å². The van der Waals surface area contributed by atoms with Gasteiger partial charge in [0.05, 0.1) is 12.3 Å². The van der Waals surface area contributed by atoms with Crippen LogP contribution in [0.5, 0.6) is 0 Å². The summed E-state index contributed by atoms with van der Waals surface area (Å²) >= 11 is 0. The molecule has 1 aromatic rings. The molecule has 0 saturated heterocycles. The van der Waals surface area contributed by atoms with Crippen molar-refractivity contribution in [2.75, 3.05) is 0 Å². The molecule has 1 atom stereocenters. The smallest absolute Gasteiger partial charge is 0.387 e. The zero-order valence-corrected chi connectivity index (χ0v) is 6.78. The van der Waals surface area contributed by atoms with Crippen molar-refractivity contribution in [1.82, 2.24) is 15.0 Å². The van der Waals surface area contributed by atoms with E-state index in [1.165, 1.54) is 6.92 Å². The van der Waals surface area contributed by atoms with Crippen LogP contribution in [0, 0.1) is 0 Å². The van der Waals surface area contributed by atoms with E-state index in [2.05, 4.69) is 10.3 Å². The molecule has 0 spiro atoms. The van der Waals surface area contributed by atoms with E-state index < -0.39 is 18.8 Å². The Morgan fingerprint density at radius 1 is 1.62 bits per heavy atom. The standard InChI is InChI=1S/C6H8F3N3O/c1-4(13)5-2-12(11-10-5)3-6(7,8)9/h2,4,13H,3H2,1H3/t4-/m0/s1. The molecule has 1 aromatic heterocycles. The van der Waals surface area contributed by atoms with E-state index in [1.807, 2.05) is 0 Å². The number of hydrogen-bond donors (Lipinski definition) is 1. The average Bonchev–Trinajstić information content (AvgIpc) is 2.31. The Morgan fingerprint density at radius 3 is 2.62 bits per heavy atom. The van der Waals surface area contributed by atoms with Crippen LogP contribution in [0.4, 0.5) is 13.2 Å². The third kappa shape index (κ3) is 3.02. The van der Waals surface area contributed by atoms with Gasteiger partial charge in [-0.05, 0) is 6.92 Å². The van der Waals surface area contributed by atoms with Gasteiger partial charge < -0.3 is 5.11 Å². The molecule has 1 rings (SSSR count). The van der Waals surface area contributed by atoms with Crippen LogP contribution in [-0.4, -0.2) is 26.3 Å². The first kappa shape index (κ1) is 9.97. The van der Waals surface area contributed by atoms with Crippen LogP contribution >= 0.6 is 0 Å². The van der Waals surface area contributed by atoms with Gasteiger partial charge in [0.1, 0.15) is 12.2 Å². The number of aliphatic hydroxyl groups excluding tert-OH is 1. The van der Waals surface area contributed by atoms with Crippen molar-refractivity contribution in [1.29, 1.82) is 0 Å². The third-order valence-electron chi connectivity index (χ3n) is 1.33. The van der Waals surface area contributed by atoms with Gasteiger partial charge in [0.15, 0.2) is 0 Å². The number of halogens is 3. The fourth-order valence-corrected chi connectivity index (χ4v) is 0.766. The Hall–Kier alpha value is -1.11. The molecule has 0 radical (unpaired) electrons. The van der Waals surface area contributed by atoms with Crippen LogP contribution in [-0.2, 0) is 6.54 Å². The molecule has 4 nitrogen and oxygen atoms in total. The van der Waals surface area contributed by atoms with Gasteiger partial charge in [-0.1, -0.05) is 5.21 Å². The summed E-state index contributed by atoms with van der Waals surface area (Å²) in [5.41, 5.74) is 0.129. The van der Waals surface area contributed by atoms with E-state index in [0.717, 1.165) is 6.20 Å². The molecule has 0 aliphatic rings. The molecule has 7 heteroatoms. The number of aliphatic hydroxyl groups is 1. The highest BCUT2D eigenvalue weighted by atomic mass is 19.4. The predicted octanol–water partition coefficient (Wildman–Crippen LogP) is 0.894. The lowest BCUT2D eigenvalue weighted by atomic mass is 10.3. The van der Waals surface area contributed by atoms with Gasteiger partial charge in [-0.2, -0.15) is 13.2 Å². The van der Waals surface area contributed by atoms with Gasteiger partial charge in [-0.15, -0.1) is 5.10 Å². The van der Waals surface area contributed by atoms with Crippen molar-refractivity contribution in [2.24, 2.45) is 0 Å². The largest absolute Gasteiger partial charge is 0.408 e. The summed E-state index contributed by atoms with van der Waals surface area (Å²) in [6, 6.07) is 0. The first-order chi connectivity index (χ1) is 5.88. The predicted molar refractivity (Wildman–Crippen MR) is 36.7 cm³/mol. The maximum atomic E-state index is 11.8. The fraction of sp³-hybridized carbons (Fsp3) is 0.667. The van der Waals surface area contributed by atoms with Crippen molar-refractivity contribution >= 4 is 0 Å². The molecule has 13 heavy (non-hydrogen) atoms. The van der Waals surface area contributed by atoms with E-state index >= 15 is 0 Å². The molecule has 0 fully saturated rings. The summed E-state index contributed by atoms with van der Waals surface area (Å²) < 4.78 is 36.0. The number of alkyl halides is 3. The molecule has 0 unspecified atom stereocenters. The second-order valence-corrected chi connectivity index (χ2v) is 2.63. The zero-order chi connectivity index (χ0) is 10.1. The first-order valence-electron chi connectivity index (χ1n) is 3.53. The summed E-state index contributed by atoms with van der Waals surface area (Å²) in [5.74, 6) is 0. The maximum Gasteiger partial charge on any atom is 0.408 e. The lowest BCUT2D eigenvalue weighted by molar-refractivity contribution is -0.142. The summed E-state index contributed by atoms with van der Waals surface area (Å²) in [6.07, 6.45) is -4.15. The second kappa shape index (κ2) is 3.33. The Balaban J connectivity index is 2.70. The highest BCUT2D eigenvalue weighted by molar-refractivity contribution is 4.95. The van der Waals surface area contributed by atoms with Crippen molar-refractivity contribution < 1.29 is 18.3 Å². The van der Waals surface area contributed by atoms with Gasteiger partial charge in [0, 0.05) is 0 Å². The quantitative estimate of drug-likeness (QED) is 0.762. The minimum Gasteiger partial charge on any atom is -0.387 e. The monoisotopic (exact) mass is 195 g/mol. The van der Waals surface area contributed by atoms with Crippen molar-refractivity contribution in [3.8, 4) is 0 Å². The number of nitrogens with zero attached hydrogens (tertiary/aromatic N) is 3. The SMILES string of the molecule is C[C@H](O)c1cn(CC(F)(F)F)nn1. The van der Waals surface area contributed by atoms with Crippen LogP contribution in [0.25, 0.3) is 0 Å². The molecular formula is C6H8F3N3O. The van der Waals surface area contributed by atoms with E-state index in [9.17, 15) is 13.2 Å². The van der Waals surface area contributed by atoms with Crippen LogP contribution in [0.15, 0.2) is 6.20 Å². The van der Waals surface area contributed by atoms with Crippen LogP contribution in [0.3, 0.4) is 0 Å². The van der Waals surface area contributed by atoms with Crippen molar-refractivity contribution in [2.45, 2.75) is 25.7 Å². The van der Waals surface area contributed by atoms with Gasteiger partial charge in [0.2, 0.25) is 0 Å². The highest BCUT2D eigenvalue weighted by Gasteiger charge is 2.28. The van der Waals surface area contributed by atoms with Gasteiger partial charge >= 0.3 is 6.18 Å². The van der Waals surface area contributed by atoms with Crippen LogP contribution < -0.4 is 0 Å². The summed E-state index contributed by atoms with van der Waals surface area (Å²) in [6.45, 7) is 0.217. The Morgan fingerprint density at radius 2 is 2.23 bits per heavy atom. The van der Waals surface area contributed by atoms with E-state index in [-0.39, 0.29) is 5.69 Å². The summed E-state index contributed by atoms with van der Waals surface area (Å²) in [7, 11) is 0. The normalized spacial score (nSPS) is 14.5. The van der Waals surface area contributed by atoms with Gasteiger partial charge in [-0.3, -0.25) is 0 Å². The minimum atomic E-state index is -4.32. The summed E-state index contributed by atoms with van der Waals surface area (Å²) in [5, 5.41) is 15.5. The molecule has 0 amide bonds. The maximum absolute atomic E-state index is 11.8. The highest BCUT2D eigenvalue weighted by Crippen LogP contribution is 2.17. The van der Waals surface area contributed by atoms with E-state index in [0.29, 0.717) is 4.68 Å². The Labute approximate surface area is 72.0 Å². The van der Waals surface area contributed by atoms with Crippen LogP contribution in [0.1, 0.15) is 18.7 Å². The van der Waals surface area contributed by atoms with Crippen molar-refractivity contribution in [3.05, 3.63) is 11.9 Å².